The summed E-state index contributed by atoms with van der Waals surface area (Å²) in [5, 5.41) is 0. The molecule has 0 amide bonds. The molecule has 0 fully saturated rings. The Hall–Kier alpha value is -1.06. The lowest BCUT2D eigenvalue weighted by Crippen LogP contribution is -2.20. The van der Waals surface area contributed by atoms with Gasteiger partial charge in [-0.3, -0.25) is 9.59 Å². The van der Waals surface area contributed by atoms with Gasteiger partial charge in [-0.05, 0) is 12.8 Å². The summed E-state index contributed by atoms with van der Waals surface area (Å²) in [5.74, 6) is -0.982. The highest BCUT2D eigenvalue weighted by Gasteiger charge is 2.19. The van der Waals surface area contributed by atoms with Crippen molar-refractivity contribution in [3.8, 4) is 0 Å². The van der Waals surface area contributed by atoms with Gasteiger partial charge in [0.2, 0.25) is 0 Å². The van der Waals surface area contributed by atoms with Gasteiger partial charge in [-0.1, -0.05) is 136 Å². The van der Waals surface area contributed by atoms with Gasteiger partial charge in [-0.15, -0.1) is 0 Å². The molecule has 4 nitrogen and oxygen atoms in total. The molecule has 0 aliphatic heterocycles. The van der Waals surface area contributed by atoms with Crippen molar-refractivity contribution < 1.29 is 19.1 Å². The highest BCUT2D eigenvalue weighted by atomic mass is 16.5. The quantitative estimate of drug-likeness (QED) is 0.0991. The van der Waals surface area contributed by atoms with Crippen LogP contribution in [0.2, 0.25) is 0 Å². The summed E-state index contributed by atoms with van der Waals surface area (Å²) in [4.78, 5) is 24.0. The lowest BCUT2D eigenvalue weighted by Gasteiger charge is -2.11. The van der Waals surface area contributed by atoms with Crippen molar-refractivity contribution in [3.63, 3.8) is 0 Å². The average Bonchev–Trinajstić information content (AvgIpc) is 2.80. The molecule has 0 rings (SSSR count). The molecule has 0 radical (unpaired) electrons. The van der Waals surface area contributed by atoms with Crippen LogP contribution in [0.25, 0.3) is 0 Å². The number of rotatable bonds is 25. The number of hydrogen-bond acceptors (Lipinski definition) is 4. The predicted octanol–water partition coefficient (Wildman–Crippen LogP) is 8.94. The number of esters is 2. The molecule has 0 aromatic rings. The average molecular weight is 469 g/mol. The second-order valence-electron chi connectivity index (χ2n) is 9.86. The second-order valence-corrected chi connectivity index (χ2v) is 9.86. The molecule has 0 bridgehead atoms. The Labute approximate surface area is 206 Å². The van der Waals surface area contributed by atoms with Gasteiger partial charge in [0, 0.05) is 0 Å². The molecular formula is C29H56O4. The number of hydrogen-bond donors (Lipinski definition) is 0. The lowest BCUT2D eigenvalue weighted by atomic mass is 10.1. The lowest BCUT2D eigenvalue weighted by molar-refractivity contribution is -0.154. The highest BCUT2D eigenvalue weighted by Crippen LogP contribution is 2.13. The zero-order chi connectivity index (χ0) is 24.4. The summed E-state index contributed by atoms with van der Waals surface area (Å²) in [6, 6.07) is 0. The van der Waals surface area contributed by atoms with Crippen molar-refractivity contribution in [1.29, 1.82) is 0 Å². The smallest absolute Gasteiger partial charge is 0.309 e. The van der Waals surface area contributed by atoms with Gasteiger partial charge in [-0.25, -0.2) is 0 Å². The van der Waals surface area contributed by atoms with E-state index in [0.29, 0.717) is 13.2 Å². The molecule has 0 spiro atoms. The Kier molecular flexibility index (Phi) is 24.7. The molecule has 0 N–H and O–H groups in total. The fourth-order valence-electron chi connectivity index (χ4n) is 4.07. The Balaban J connectivity index is 3.46. The maximum Gasteiger partial charge on any atom is 0.309 e. The van der Waals surface area contributed by atoms with Crippen LogP contribution in [0.15, 0.2) is 0 Å². The monoisotopic (exact) mass is 468 g/mol. The normalized spacial score (nSPS) is 12.0. The summed E-state index contributed by atoms with van der Waals surface area (Å²) in [7, 11) is 0. The van der Waals surface area contributed by atoms with E-state index < -0.39 is 5.92 Å². The fourth-order valence-corrected chi connectivity index (χ4v) is 4.07. The summed E-state index contributed by atoms with van der Waals surface area (Å²) in [6.45, 7) is 7.18. The fraction of sp³-hybridized carbons (Fsp3) is 0.931. The zero-order valence-corrected chi connectivity index (χ0v) is 22.5. The summed E-state index contributed by atoms with van der Waals surface area (Å²) >= 11 is 0. The zero-order valence-electron chi connectivity index (χ0n) is 22.5. The standard InChI is InChI=1S/C29H56O4/c1-4-6-8-10-12-14-16-18-20-22-24-32-28(30)26-27(3)29(31)33-25-23-21-19-17-15-13-11-9-7-5-2/h27H,4-26H2,1-3H3. The van der Waals surface area contributed by atoms with Gasteiger partial charge in [-0.2, -0.15) is 0 Å². The first-order valence-corrected chi connectivity index (χ1v) is 14.4. The van der Waals surface area contributed by atoms with E-state index in [1.807, 2.05) is 0 Å². The van der Waals surface area contributed by atoms with Gasteiger partial charge in [0.25, 0.3) is 0 Å². The van der Waals surface area contributed by atoms with Gasteiger partial charge in [0.15, 0.2) is 0 Å². The molecule has 0 aliphatic carbocycles. The van der Waals surface area contributed by atoms with Crippen LogP contribution in [0, 0.1) is 5.92 Å². The molecule has 0 aromatic heterocycles. The van der Waals surface area contributed by atoms with Gasteiger partial charge < -0.3 is 9.47 Å². The van der Waals surface area contributed by atoms with Crippen LogP contribution in [0.3, 0.4) is 0 Å². The molecule has 1 atom stereocenters. The van der Waals surface area contributed by atoms with Crippen LogP contribution >= 0.6 is 0 Å². The Morgan fingerprint density at radius 2 is 0.848 bits per heavy atom. The van der Waals surface area contributed by atoms with Crippen LogP contribution in [-0.2, 0) is 19.1 Å². The molecule has 1 unspecified atom stereocenters. The molecule has 0 heterocycles. The van der Waals surface area contributed by atoms with Crippen molar-refractivity contribution in [2.24, 2.45) is 5.92 Å². The van der Waals surface area contributed by atoms with E-state index in [4.69, 9.17) is 9.47 Å². The van der Waals surface area contributed by atoms with Crippen LogP contribution in [-0.4, -0.2) is 25.2 Å². The highest BCUT2D eigenvalue weighted by molar-refractivity contribution is 5.79. The molecule has 0 aromatic carbocycles. The Bertz CT molecular complexity index is 435. The molecule has 0 aliphatic rings. The van der Waals surface area contributed by atoms with E-state index in [-0.39, 0.29) is 18.4 Å². The van der Waals surface area contributed by atoms with Crippen LogP contribution < -0.4 is 0 Å². The first kappa shape index (κ1) is 31.9. The minimum absolute atomic E-state index is 0.120. The number of unbranched alkanes of at least 4 members (excludes halogenated alkanes) is 18. The maximum atomic E-state index is 12.1. The van der Waals surface area contributed by atoms with E-state index >= 15 is 0 Å². The van der Waals surface area contributed by atoms with Crippen molar-refractivity contribution in [2.75, 3.05) is 13.2 Å². The Morgan fingerprint density at radius 1 is 0.515 bits per heavy atom. The predicted molar refractivity (Wildman–Crippen MR) is 139 cm³/mol. The molecule has 0 saturated heterocycles. The molecule has 0 saturated carbocycles. The first-order chi connectivity index (χ1) is 16.1. The topological polar surface area (TPSA) is 52.6 Å². The molecular weight excluding hydrogens is 412 g/mol. The minimum atomic E-state index is -0.423. The van der Waals surface area contributed by atoms with Crippen molar-refractivity contribution in [1.82, 2.24) is 0 Å². The first-order valence-electron chi connectivity index (χ1n) is 14.4. The number of carbonyl (C=O) groups excluding carboxylic acids is 2. The van der Waals surface area contributed by atoms with E-state index in [9.17, 15) is 9.59 Å². The van der Waals surface area contributed by atoms with E-state index in [1.54, 1.807) is 6.92 Å². The van der Waals surface area contributed by atoms with Crippen LogP contribution in [0.5, 0.6) is 0 Å². The van der Waals surface area contributed by atoms with Crippen LogP contribution in [0.4, 0.5) is 0 Å². The van der Waals surface area contributed by atoms with Crippen molar-refractivity contribution >= 4 is 11.9 Å². The summed E-state index contributed by atoms with van der Waals surface area (Å²) < 4.78 is 10.6. The number of ether oxygens (including phenoxy) is 2. The van der Waals surface area contributed by atoms with Crippen molar-refractivity contribution in [2.45, 2.75) is 156 Å². The molecule has 196 valence electrons. The maximum absolute atomic E-state index is 12.1. The third-order valence-electron chi connectivity index (χ3n) is 6.38. The van der Waals surface area contributed by atoms with Gasteiger partial charge >= 0.3 is 11.9 Å². The summed E-state index contributed by atoms with van der Waals surface area (Å²) in [5.41, 5.74) is 0. The van der Waals surface area contributed by atoms with Crippen LogP contribution in [0.1, 0.15) is 156 Å². The third-order valence-corrected chi connectivity index (χ3v) is 6.38. The van der Waals surface area contributed by atoms with E-state index in [2.05, 4.69) is 13.8 Å². The summed E-state index contributed by atoms with van der Waals surface area (Å²) in [6.07, 6.45) is 25.3. The van der Waals surface area contributed by atoms with Crippen molar-refractivity contribution in [3.05, 3.63) is 0 Å². The second kappa shape index (κ2) is 25.6. The van der Waals surface area contributed by atoms with Gasteiger partial charge in [0.05, 0.1) is 25.6 Å². The largest absolute Gasteiger partial charge is 0.466 e. The SMILES string of the molecule is CCCCCCCCCCCCOC(=O)CC(C)C(=O)OCCCCCCCCCCCC. The Morgan fingerprint density at radius 3 is 1.24 bits per heavy atom. The third kappa shape index (κ3) is 23.9. The van der Waals surface area contributed by atoms with E-state index in [0.717, 1.165) is 25.7 Å². The minimum Gasteiger partial charge on any atom is -0.466 e. The van der Waals surface area contributed by atoms with E-state index in [1.165, 1.54) is 103 Å². The molecule has 4 heteroatoms. The van der Waals surface area contributed by atoms with Gasteiger partial charge in [0.1, 0.15) is 0 Å². The molecule has 33 heavy (non-hydrogen) atoms. The number of carbonyl (C=O) groups is 2.